The molecule has 0 spiro atoms. The molecular weight excluding hydrogens is 310 g/mol. The van der Waals surface area contributed by atoms with Crippen LogP contribution < -0.4 is 0 Å². The molecule has 0 fully saturated rings. The Kier molecular flexibility index (Phi) is 4.58. The molecule has 3 rings (SSSR count). The number of pyridine rings is 1. The van der Waals surface area contributed by atoms with E-state index in [1.54, 1.807) is 24.4 Å². The highest BCUT2D eigenvalue weighted by Crippen LogP contribution is 2.33. The average Bonchev–Trinajstić information content (AvgIpc) is 2.59. The van der Waals surface area contributed by atoms with Crippen molar-refractivity contribution in [2.24, 2.45) is 0 Å². The minimum Gasteiger partial charge on any atom is -0.505 e. The second-order valence-corrected chi connectivity index (χ2v) is 5.87. The third-order valence-corrected chi connectivity index (χ3v) is 4.13. The molecule has 0 radical (unpaired) electrons. The number of halogens is 1. The van der Waals surface area contributed by atoms with E-state index >= 15 is 0 Å². The maximum atomic E-state index is 12.2. The number of Topliss-reactive ketones (excluding diaryl/α,β-unsaturated/α-hetero) is 1. The molecular formula is C19H16ClNO2. The lowest BCUT2D eigenvalue weighted by atomic mass is 10.0. The predicted molar refractivity (Wildman–Crippen MR) is 91.9 cm³/mol. The van der Waals surface area contributed by atoms with Gasteiger partial charge in [0.15, 0.2) is 0 Å². The number of carbonyl (C=O) groups excluding carboxylic acids is 1. The van der Waals surface area contributed by atoms with Crippen molar-refractivity contribution in [3.63, 3.8) is 0 Å². The summed E-state index contributed by atoms with van der Waals surface area (Å²) in [4.78, 5) is 16.4. The standard InChI is InChI=1S/C19H16ClNO2/c20-17-12-14(19(23)18-16(17)7-4-10-21-18)11-15(22)9-8-13-5-2-1-3-6-13/h1-7,10,12,23H,8-9,11H2. The molecule has 4 heteroatoms. The highest BCUT2D eigenvalue weighted by Gasteiger charge is 2.14. The van der Waals surface area contributed by atoms with Crippen LogP contribution in [-0.2, 0) is 17.6 Å². The number of nitrogens with zero attached hydrogens (tertiary/aromatic N) is 1. The van der Waals surface area contributed by atoms with Gasteiger partial charge in [-0.05, 0) is 30.2 Å². The number of fused-ring (bicyclic) bond motifs is 1. The summed E-state index contributed by atoms with van der Waals surface area (Å²) in [6, 6.07) is 15.1. The Morgan fingerprint density at radius 1 is 1.13 bits per heavy atom. The molecule has 0 aliphatic heterocycles. The topological polar surface area (TPSA) is 50.2 Å². The van der Waals surface area contributed by atoms with Crippen molar-refractivity contribution >= 4 is 28.3 Å². The van der Waals surface area contributed by atoms with Gasteiger partial charge < -0.3 is 5.11 Å². The average molecular weight is 326 g/mol. The van der Waals surface area contributed by atoms with Crippen LogP contribution in [0.3, 0.4) is 0 Å². The van der Waals surface area contributed by atoms with Gasteiger partial charge in [-0.1, -0.05) is 41.9 Å². The van der Waals surface area contributed by atoms with Gasteiger partial charge in [0, 0.05) is 30.0 Å². The number of rotatable bonds is 5. The van der Waals surface area contributed by atoms with Crippen molar-refractivity contribution in [2.75, 3.05) is 0 Å². The Morgan fingerprint density at radius 2 is 1.91 bits per heavy atom. The van der Waals surface area contributed by atoms with Gasteiger partial charge >= 0.3 is 0 Å². The van der Waals surface area contributed by atoms with Gasteiger partial charge in [0.25, 0.3) is 0 Å². The van der Waals surface area contributed by atoms with Crippen LogP contribution in [0.2, 0.25) is 5.02 Å². The predicted octanol–water partition coefficient (Wildman–Crippen LogP) is 4.34. The summed E-state index contributed by atoms with van der Waals surface area (Å²) in [5, 5.41) is 11.5. The van der Waals surface area contributed by atoms with Crippen LogP contribution in [0.4, 0.5) is 0 Å². The van der Waals surface area contributed by atoms with E-state index in [4.69, 9.17) is 11.6 Å². The van der Waals surface area contributed by atoms with E-state index in [9.17, 15) is 9.90 Å². The zero-order valence-corrected chi connectivity index (χ0v) is 13.3. The minimum atomic E-state index is 0.0399. The first-order valence-corrected chi connectivity index (χ1v) is 7.83. The SMILES string of the molecule is O=C(CCc1ccccc1)Cc1cc(Cl)c2cccnc2c1O. The lowest BCUT2D eigenvalue weighted by Gasteiger charge is -2.09. The van der Waals surface area contributed by atoms with E-state index in [-0.39, 0.29) is 18.0 Å². The van der Waals surface area contributed by atoms with Crippen LogP contribution in [-0.4, -0.2) is 15.9 Å². The van der Waals surface area contributed by atoms with Crippen molar-refractivity contribution in [1.82, 2.24) is 4.98 Å². The first-order chi connectivity index (χ1) is 11.1. The van der Waals surface area contributed by atoms with Crippen molar-refractivity contribution < 1.29 is 9.90 Å². The third-order valence-electron chi connectivity index (χ3n) is 3.82. The highest BCUT2D eigenvalue weighted by molar-refractivity contribution is 6.35. The maximum absolute atomic E-state index is 12.2. The number of carbonyl (C=O) groups is 1. The first-order valence-electron chi connectivity index (χ1n) is 7.46. The molecule has 1 heterocycles. The van der Waals surface area contributed by atoms with Gasteiger partial charge in [0.05, 0.1) is 5.02 Å². The zero-order chi connectivity index (χ0) is 16.2. The smallest absolute Gasteiger partial charge is 0.145 e. The molecule has 0 atom stereocenters. The van der Waals surface area contributed by atoms with E-state index in [2.05, 4.69) is 4.98 Å². The van der Waals surface area contributed by atoms with Gasteiger partial charge in [-0.25, -0.2) is 0 Å². The molecule has 116 valence electrons. The number of phenols is 1. The Morgan fingerprint density at radius 3 is 2.70 bits per heavy atom. The summed E-state index contributed by atoms with van der Waals surface area (Å²) in [5.74, 6) is 0.105. The Balaban J connectivity index is 1.76. The summed E-state index contributed by atoms with van der Waals surface area (Å²) in [7, 11) is 0. The third kappa shape index (κ3) is 3.51. The monoisotopic (exact) mass is 325 g/mol. The van der Waals surface area contributed by atoms with Crippen LogP contribution in [0.15, 0.2) is 54.7 Å². The summed E-state index contributed by atoms with van der Waals surface area (Å²) in [6.07, 6.45) is 2.88. The van der Waals surface area contributed by atoms with Crippen LogP contribution in [0, 0.1) is 0 Å². The molecule has 0 bridgehead atoms. The van der Waals surface area contributed by atoms with Crippen LogP contribution in [0.1, 0.15) is 17.5 Å². The summed E-state index contributed by atoms with van der Waals surface area (Å²) < 4.78 is 0. The summed E-state index contributed by atoms with van der Waals surface area (Å²) >= 11 is 6.23. The minimum absolute atomic E-state index is 0.0399. The molecule has 23 heavy (non-hydrogen) atoms. The number of phenolic OH excluding ortho intramolecular Hbond substituents is 1. The fourth-order valence-corrected chi connectivity index (χ4v) is 2.89. The van der Waals surface area contributed by atoms with Crippen molar-refractivity contribution in [3.05, 3.63) is 70.9 Å². The Bertz CT molecular complexity index is 847. The Hall–Kier alpha value is -2.39. The molecule has 0 aliphatic carbocycles. The molecule has 0 saturated heterocycles. The number of ketones is 1. The van der Waals surface area contributed by atoms with Crippen LogP contribution in [0.25, 0.3) is 10.9 Å². The van der Waals surface area contributed by atoms with Gasteiger partial charge in [-0.15, -0.1) is 0 Å². The molecule has 3 aromatic rings. The summed E-state index contributed by atoms with van der Waals surface area (Å²) in [6.45, 7) is 0. The normalized spacial score (nSPS) is 10.8. The van der Waals surface area contributed by atoms with Crippen molar-refractivity contribution in [3.8, 4) is 5.75 Å². The molecule has 1 N–H and O–H groups in total. The highest BCUT2D eigenvalue weighted by atomic mass is 35.5. The second kappa shape index (κ2) is 6.80. The first kappa shape index (κ1) is 15.5. The number of aryl methyl sites for hydroxylation is 1. The lowest BCUT2D eigenvalue weighted by molar-refractivity contribution is -0.118. The van der Waals surface area contributed by atoms with E-state index < -0.39 is 0 Å². The number of aromatic nitrogens is 1. The Labute approximate surface area is 139 Å². The second-order valence-electron chi connectivity index (χ2n) is 5.47. The van der Waals surface area contributed by atoms with E-state index in [1.807, 2.05) is 30.3 Å². The number of hydrogen-bond acceptors (Lipinski definition) is 3. The van der Waals surface area contributed by atoms with E-state index in [1.165, 1.54) is 0 Å². The van der Waals surface area contributed by atoms with Crippen LogP contribution in [0.5, 0.6) is 5.75 Å². The van der Waals surface area contributed by atoms with E-state index in [0.29, 0.717) is 34.3 Å². The summed E-state index contributed by atoms with van der Waals surface area (Å²) in [5.41, 5.74) is 2.09. The van der Waals surface area contributed by atoms with E-state index in [0.717, 1.165) is 5.56 Å². The molecule has 2 aromatic carbocycles. The molecule has 0 saturated carbocycles. The maximum Gasteiger partial charge on any atom is 0.145 e. The van der Waals surface area contributed by atoms with Gasteiger partial charge in [0.2, 0.25) is 0 Å². The van der Waals surface area contributed by atoms with Crippen LogP contribution >= 0.6 is 11.6 Å². The fourth-order valence-electron chi connectivity index (χ4n) is 2.60. The van der Waals surface area contributed by atoms with Gasteiger partial charge in [-0.2, -0.15) is 0 Å². The number of benzene rings is 2. The lowest BCUT2D eigenvalue weighted by Crippen LogP contribution is -2.05. The fraction of sp³-hybridized carbons (Fsp3) is 0.158. The van der Waals surface area contributed by atoms with Crippen molar-refractivity contribution in [1.29, 1.82) is 0 Å². The van der Waals surface area contributed by atoms with Crippen molar-refractivity contribution in [2.45, 2.75) is 19.3 Å². The number of hydrogen-bond donors (Lipinski definition) is 1. The molecule has 0 amide bonds. The molecule has 0 unspecified atom stereocenters. The molecule has 1 aromatic heterocycles. The molecule has 3 nitrogen and oxygen atoms in total. The van der Waals surface area contributed by atoms with Gasteiger partial charge in [0.1, 0.15) is 17.0 Å². The number of aromatic hydroxyl groups is 1. The molecule has 0 aliphatic rings. The zero-order valence-electron chi connectivity index (χ0n) is 12.5. The van der Waals surface area contributed by atoms with Gasteiger partial charge in [-0.3, -0.25) is 9.78 Å². The quantitative estimate of drug-likeness (QED) is 0.759. The largest absolute Gasteiger partial charge is 0.505 e.